The van der Waals surface area contributed by atoms with Crippen molar-refractivity contribution in [3.63, 3.8) is 0 Å². The average molecular weight is 197 g/mol. The molecule has 14 heavy (non-hydrogen) atoms. The number of hydrogen-bond acceptors (Lipinski definition) is 2. The van der Waals surface area contributed by atoms with Gasteiger partial charge in [-0.15, -0.1) is 0 Å². The van der Waals surface area contributed by atoms with Gasteiger partial charge in [0.2, 0.25) is 0 Å². The molecule has 2 N–H and O–H groups in total. The van der Waals surface area contributed by atoms with Gasteiger partial charge in [0.1, 0.15) is 5.78 Å². The Morgan fingerprint density at radius 1 is 1.43 bits per heavy atom. The molecule has 2 heteroatoms. The highest BCUT2D eigenvalue weighted by Crippen LogP contribution is 2.29. The molecule has 0 aliphatic heterocycles. The second-order valence-electron chi connectivity index (χ2n) is 5.82. The van der Waals surface area contributed by atoms with Crippen LogP contribution in [0.25, 0.3) is 0 Å². The number of Topliss-reactive ketones (excluding diaryl/α,β-unsaturated/α-hetero) is 1. The molecule has 1 unspecified atom stereocenters. The van der Waals surface area contributed by atoms with Crippen LogP contribution in [-0.4, -0.2) is 11.8 Å². The molecule has 0 aromatic carbocycles. The molecule has 0 amide bonds. The predicted octanol–water partition coefficient (Wildman–Crippen LogP) is 2.51. The van der Waals surface area contributed by atoms with Gasteiger partial charge >= 0.3 is 0 Å². The van der Waals surface area contributed by atoms with Crippen LogP contribution < -0.4 is 5.73 Å². The van der Waals surface area contributed by atoms with E-state index >= 15 is 0 Å². The van der Waals surface area contributed by atoms with Gasteiger partial charge in [-0.2, -0.15) is 0 Å². The maximum atomic E-state index is 11.6. The van der Waals surface area contributed by atoms with Crippen molar-refractivity contribution in [2.45, 2.75) is 58.9 Å². The lowest BCUT2D eigenvalue weighted by Gasteiger charge is -2.27. The van der Waals surface area contributed by atoms with Crippen molar-refractivity contribution in [2.75, 3.05) is 0 Å². The third-order valence-electron chi connectivity index (χ3n) is 2.90. The molecule has 0 spiro atoms. The summed E-state index contributed by atoms with van der Waals surface area (Å²) in [6, 6.07) is 0.0584. The molecule has 1 aliphatic carbocycles. The second kappa shape index (κ2) is 4.43. The van der Waals surface area contributed by atoms with E-state index in [4.69, 9.17) is 5.73 Å². The zero-order chi connectivity index (χ0) is 10.8. The van der Waals surface area contributed by atoms with Crippen LogP contribution in [0, 0.1) is 11.3 Å². The van der Waals surface area contributed by atoms with E-state index in [0.717, 1.165) is 19.3 Å². The fraction of sp³-hybridized carbons (Fsp3) is 0.917. The first-order valence-electron chi connectivity index (χ1n) is 5.67. The van der Waals surface area contributed by atoms with Gasteiger partial charge < -0.3 is 5.73 Å². The summed E-state index contributed by atoms with van der Waals surface area (Å²) in [4.78, 5) is 11.6. The van der Waals surface area contributed by atoms with Gasteiger partial charge in [-0.3, -0.25) is 4.79 Å². The Morgan fingerprint density at radius 2 is 2.00 bits per heavy atom. The highest BCUT2D eigenvalue weighted by molar-refractivity contribution is 5.82. The van der Waals surface area contributed by atoms with Crippen LogP contribution in [0.2, 0.25) is 0 Å². The first-order chi connectivity index (χ1) is 6.38. The van der Waals surface area contributed by atoms with Gasteiger partial charge in [0.15, 0.2) is 0 Å². The van der Waals surface area contributed by atoms with E-state index < -0.39 is 0 Å². The van der Waals surface area contributed by atoms with Crippen molar-refractivity contribution >= 4 is 5.78 Å². The molecule has 0 radical (unpaired) electrons. The molecule has 0 bridgehead atoms. The van der Waals surface area contributed by atoms with Gasteiger partial charge in [-0.25, -0.2) is 0 Å². The van der Waals surface area contributed by atoms with Crippen LogP contribution in [0.15, 0.2) is 0 Å². The van der Waals surface area contributed by atoms with Crippen LogP contribution in [0.1, 0.15) is 52.9 Å². The van der Waals surface area contributed by atoms with Gasteiger partial charge in [-0.05, 0) is 24.7 Å². The predicted molar refractivity (Wildman–Crippen MR) is 59.0 cm³/mol. The highest BCUT2D eigenvalue weighted by atomic mass is 16.1. The number of ketones is 1. The SMILES string of the molecule is CC(C)(C)CC(N)CC(=O)C1CCC1. The summed E-state index contributed by atoms with van der Waals surface area (Å²) in [6.07, 6.45) is 4.94. The molecule has 0 saturated heterocycles. The summed E-state index contributed by atoms with van der Waals surface area (Å²) < 4.78 is 0. The van der Waals surface area contributed by atoms with Crippen molar-refractivity contribution in [3.8, 4) is 0 Å². The van der Waals surface area contributed by atoms with Crippen LogP contribution >= 0.6 is 0 Å². The molecule has 2 nitrogen and oxygen atoms in total. The summed E-state index contributed by atoms with van der Waals surface area (Å²) in [5, 5.41) is 0. The van der Waals surface area contributed by atoms with Gasteiger partial charge in [0.25, 0.3) is 0 Å². The van der Waals surface area contributed by atoms with Gasteiger partial charge in [0.05, 0.1) is 0 Å². The average Bonchev–Trinajstić information content (AvgIpc) is 1.75. The monoisotopic (exact) mass is 197 g/mol. The summed E-state index contributed by atoms with van der Waals surface area (Å²) in [6.45, 7) is 6.50. The minimum atomic E-state index is 0.0584. The van der Waals surface area contributed by atoms with Crippen LogP contribution in [-0.2, 0) is 4.79 Å². The van der Waals surface area contributed by atoms with E-state index in [1.807, 2.05) is 0 Å². The molecule has 1 rings (SSSR count). The molecule has 1 fully saturated rings. The third-order valence-corrected chi connectivity index (χ3v) is 2.90. The van der Waals surface area contributed by atoms with Gasteiger partial charge in [0, 0.05) is 18.4 Å². The Kier molecular flexibility index (Phi) is 3.71. The Morgan fingerprint density at radius 3 is 2.36 bits per heavy atom. The van der Waals surface area contributed by atoms with Crippen molar-refractivity contribution in [3.05, 3.63) is 0 Å². The zero-order valence-electron chi connectivity index (χ0n) is 9.68. The fourth-order valence-electron chi connectivity index (χ4n) is 2.01. The molecule has 0 aromatic heterocycles. The maximum absolute atomic E-state index is 11.6. The quantitative estimate of drug-likeness (QED) is 0.752. The first-order valence-corrected chi connectivity index (χ1v) is 5.67. The van der Waals surface area contributed by atoms with Crippen molar-refractivity contribution in [2.24, 2.45) is 17.1 Å². The van der Waals surface area contributed by atoms with Gasteiger partial charge in [-0.1, -0.05) is 27.2 Å². The molecule has 1 aliphatic rings. The highest BCUT2D eigenvalue weighted by Gasteiger charge is 2.27. The van der Waals surface area contributed by atoms with Crippen molar-refractivity contribution in [1.29, 1.82) is 0 Å². The summed E-state index contributed by atoms with van der Waals surface area (Å²) >= 11 is 0. The lowest BCUT2D eigenvalue weighted by atomic mass is 9.78. The van der Waals surface area contributed by atoms with Crippen LogP contribution in [0.4, 0.5) is 0 Å². The lowest BCUT2D eigenvalue weighted by Crippen LogP contribution is -2.32. The minimum Gasteiger partial charge on any atom is -0.327 e. The van der Waals surface area contributed by atoms with E-state index in [2.05, 4.69) is 20.8 Å². The fourth-order valence-corrected chi connectivity index (χ4v) is 2.01. The number of carbonyl (C=O) groups excluding carboxylic acids is 1. The van der Waals surface area contributed by atoms with E-state index in [-0.39, 0.29) is 11.5 Å². The molecule has 0 aromatic rings. The Labute approximate surface area is 87.2 Å². The standard InChI is InChI=1S/C12H23NO/c1-12(2,3)8-10(13)7-11(14)9-5-4-6-9/h9-10H,4-8,13H2,1-3H3. The van der Waals surface area contributed by atoms with E-state index in [1.165, 1.54) is 6.42 Å². The first kappa shape index (κ1) is 11.7. The number of hydrogen-bond donors (Lipinski definition) is 1. The topological polar surface area (TPSA) is 43.1 Å². The zero-order valence-corrected chi connectivity index (χ0v) is 9.68. The molecular formula is C12H23NO. The largest absolute Gasteiger partial charge is 0.327 e. The molecule has 82 valence electrons. The van der Waals surface area contributed by atoms with Crippen molar-refractivity contribution < 1.29 is 4.79 Å². The number of nitrogens with two attached hydrogens (primary N) is 1. The third kappa shape index (κ3) is 3.79. The Bertz CT molecular complexity index is 201. The van der Waals surface area contributed by atoms with Crippen LogP contribution in [0.5, 0.6) is 0 Å². The molecule has 0 heterocycles. The molecule has 1 saturated carbocycles. The number of rotatable bonds is 4. The Hall–Kier alpha value is -0.370. The molecule has 1 atom stereocenters. The number of carbonyl (C=O) groups is 1. The normalized spacial score (nSPS) is 20.3. The smallest absolute Gasteiger partial charge is 0.137 e. The van der Waals surface area contributed by atoms with Crippen molar-refractivity contribution in [1.82, 2.24) is 0 Å². The summed E-state index contributed by atoms with van der Waals surface area (Å²) in [5.74, 6) is 0.744. The van der Waals surface area contributed by atoms with E-state index in [0.29, 0.717) is 18.1 Å². The maximum Gasteiger partial charge on any atom is 0.137 e. The van der Waals surface area contributed by atoms with E-state index in [1.54, 1.807) is 0 Å². The van der Waals surface area contributed by atoms with Crippen LogP contribution in [0.3, 0.4) is 0 Å². The Balaban J connectivity index is 2.25. The molecular weight excluding hydrogens is 174 g/mol. The summed E-state index contributed by atoms with van der Waals surface area (Å²) in [7, 11) is 0. The lowest BCUT2D eigenvalue weighted by molar-refractivity contribution is -0.125. The van der Waals surface area contributed by atoms with E-state index in [9.17, 15) is 4.79 Å². The second-order valence-corrected chi connectivity index (χ2v) is 5.82. The summed E-state index contributed by atoms with van der Waals surface area (Å²) in [5.41, 5.74) is 6.19. The minimum absolute atomic E-state index is 0.0584.